The molecular weight excluding hydrogens is 452 g/mol. The highest BCUT2D eigenvalue weighted by molar-refractivity contribution is 9.10. The number of thiophene rings is 1. The van der Waals surface area contributed by atoms with Gasteiger partial charge in [0.1, 0.15) is 11.6 Å². The first-order valence-electron chi connectivity index (χ1n) is 8.78. The summed E-state index contributed by atoms with van der Waals surface area (Å²) in [6.45, 7) is 1.79. The van der Waals surface area contributed by atoms with Gasteiger partial charge < -0.3 is 4.52 Å². The lowest BCUT2D eigenvalue weighted by Crippen LogP contribution is -2.36. The molecule has 1 saturated heterocycles. The summed E-state index contributed by atoms with van der Waals surface area (Å²) in [5, 5.41) is 5.96. The maximum atomic E-state index is 13.9. The van der Waals surface area contributed by atoms with Crippen molar-refractivity contribution in [2.24, 2.45) is 5.92 Å². The maximum absolute atomic E-state index is 13.9. The third-order valence-electron chi connectivity index (χ3n) is 4.77. The van der Waals surface area contributed by atoms with Gasteiger partial charge in [0.05, 0.1) is 17.0 Å². The topological polar surface area (TPSA) is 59.2 Å². The average molecular weight is 468 g/mol. The van der Waals surface area contributed by atoms with E-state index in [1.54, 1.807) is 0 Å². The summed E-state index contributed by atoms with van der Waals surface area (Å²) in [6, 6.07) is 4.92. The van der Waals surface area contributed by atoms with E-state index in [0.29, 0.717) is 44.2 Å². The minimum Gasteiger partial charge on any atom is -0.338 e. The molecular formula is C19H16BrF2N3O2S. The van der Waals surface area contributed by atoms with Crippen LogP contribution in [0.25, 0.3) is 10.7 Å². The molecule has 3 heterocycles. The van der Waals surface area contributed by atoms with E-state index in [1.807, 2.05) is 11.4 Å². The van der Waals surface area contributed by atoms with Crippen molar-refractivity contribution in [2.75, 3.05) is 13.1 Å². The Hall–Kier alpha value is -1.97. The number of hydrogen-bond acceptors (Lipinski definition) is 6. The summed E-state index contributed by atoms with van der Waals surface area (Å²) in [5.41, 5.74) is -0.165. The van der Waals surface area contributed by atoms with Crippen LogP contribution in [0.15, 0.2) is 38.6 Å². The van der Waals surface area contributed by atoms with Gasteiger partial charge in [-0.1, -0.05) is 5.16 Å². The van der Waals surface area contributed by atoms with E-state index in [-0.39, 0.29) is 17.3 Å². The average Bonchev–Trinajstić information content (AvgIpc) is 3.33. The third kappa shape index (κ3) is 4.21. The van der Waals surface area contributed by atoms with Crippen molar-refractivity contribution in [1.82, 2.24) is 15.0 Å². The van der Waals surface area contributed by atoms with E-state index in [1.165, 1.54) is 11.3 Å². The molecule has 1 fully saturated rings. The summed E-state index contributed by atoms with van der Waals surface area (Å²) < 4.78 is 33.5. The summed E-state index contributed by atoms with van der Waals surface area (Å²) >= 11 is 4.93. The predicted octanol–water partition coefficient (Wildman–Crippen LogP) is 4.93. The van der Waals surface area contributed by atoms with Crippen LogP contribution in [0.4, 0.5) is 8.78 Å². The lowest BCUT2D eigenvalue weighted by molar-refractivity contribution is 0.0820. The first-order chi connectivity index (χ1) is 13.5. The number of halogens is 3. The molecule has 0 aliphatic carbocycles. The molecule has 2 aromatic heterocycles. The number of hydrogen-bond donors (Lipinski definition) is 0. The molecule has 146 valence electrons. The van der Waals surface area contributed by atoms with E-state index in [0.717, 1.165) is 27.5 Å². The van der Waals surface area contributed by atoms with Crippen molar-refractivity contribution in [1.29, 1.82) is 0 Å². The summed E-state index contributed by atoms with van der Waals surface area (Å²) in [5.74, 6) is -0.855. The minimum atomic E-state index is -0.674. The molecule has 0 spiro atoms. The standard InChI is InChI=1S/C19H16BrF2N3O2S/c20-12-7-16(28-10-12)19-23-17(27-24-19)9-25-5-3-11(4-6-25)18(26)14-8-13(21)1-2-15(14)22/h1-2,7-8,10-11H,3-6,9H2. The molecule has 0 bridgehead atoms. The fraction of sp³-hybridized carbons (Fsp3) is 0.316. The predicted molar refractivity (Wildman–Crippen MR) is 104 cm³/mol. The number of benzene rings is 1. The Kier molecular flexibility index (Phi) is 5.65. The summed E-state index contributed by atoms with van der Waals surface area (Å²) in [6.07, 6.45) is 1.15. The van der Waals surface area contributed by atoms with Gasteiger partial charge in [0, 0.05) is 15.8 Å². The lowest BCUT2D eigenvalue weighted by Gasteiger charge is -2.30. The van der Waals surface area contributed by atoms with Gasteiger partial charge >= 0.3 is 0 Å². The minimum absolute atomic E-state index is 0.165. The van der Waals surface area contributed by atoms with Crippen LogP contribution < -0.4 is 0 Å². The molecule has 1 aromatic carbocycles. The Morgan fingerprint density at radius 2 is 2.07 bits per heavy atom. The van der Waals surface area contributed by atoms with Crippen molar-refractivity contribution in [3.8, 4) is 10.7 Å². The van der Waals surface area contributed by atoms with Gasteiger partial charge in [-0.15, -0.1) is 11.3 Å². The fourth-order valence-corrected chi connectivity index (χ4v) is 4.65. The third-order valence-corrected chi connectivity index (χ3v) is 6.45. The zero-order chi connectivity index (χ0) is 19.7. The molecule has 0 radical (unpaired) electrons. The van der Waals surface area contributed by atoms with Gasteiger partial charge in [0.25, 0.3) is 0 Å². The molecule has 9 heteroatoms. The highest BCUT2D eigenvalue weighted by atomic mass is 79.9. The maximum Gasteiger partial charge on any atom is 0.241 e. The van der Waals surface area contributed by atoms with Crippen LogP contribution in [-0.2, 0) is 6.54 Å². The first kappa shape index (κ1) is 19.4. The Morgan fingerprint density at radius 1 is 1.29 bits per heavy atom. The first-order valence-corrected chi connectivity index (χ1v) is 10.5. The Bertz CT molecular complexity index is 999. The zero-order valence-corrected chi connectivity index (χ0v) is 17.1. The number of carbonyl (C=O) groups excluding carboxylic acids is 1. The number of likely N-dealkylation sites (tertiary alicyclic amines) is 1. The van der Waals surface area contributed by atoms with Crippen molar-refractivity contribution >= 4 is 33.0 Å². The van der Waals surface area contributed by atoms with Crippen LogP contribution in [0.1, 0.15) is 29.1 Å². The van der Waals surface area contributed by atoms with Gasteiger partial charge in [0.2, 0.25) is 11.7 Å². The molecule has 28 heavy (non-hydrogen) atoms. The van der Waals surface area contributed by atoms with Crippen LogP contribution in [0, 0.1) is 17.6 Å². The normalized spacial score (nSPS) is 15.8. The number of piperidine rings is 1. The number of Topliss-reactive ketones (excluding diaryl/α,β-unsaturated/α-hetero) is 1. The van der Waals surface area contributed by atoms with Crippen molar-refractivity contribution in [3.63, 3.8) is 0 Å². The van der Waals surface area contributed by atoms with E-state index in [2.05, 4.69) is 31.0 Å². The molecule has 4 rings (SSSR count). The Balaban J connectivity index is 1.35. The van der Waals surface area contributed by atoms with Crippen LogP contribution in [0.3, 0.4) is 0 Å². The molecule has 5 nitrogen and oxygen atoms in total. The monoisotopic (exact) mass is 467 g/mol. The summed E-state index contributed by atoms with van der Waals surface area (Å²) in [7, 11) is 0. The fourth-order valence-electron chi connectivity index (χ4n) is 3.30. The smallest absolute Gasteiger partial charge is 0.241 e. The molecule has 0 saturated carbocycles. The largest absolute Gasteiger partial charge is 0.338 e. The van der Waals surface area contributed by atoms with Crippen LogP contribution >= 0.6 is 27.3 Å². The second-order valence-electron chi connectivity index (χ2n) is 6.68. The quantitative estimate of drug-likeness (QED) is 0.497. The number of carbonyl (C=O) groups is 1. The molecule has 0 amide bonds. The second-order valence-corrected chi connectivity index (χ2v) is 8.51. The van der Waals surface area contributed by atoms with Crippen LogP contribution in [0.2, 0.25) is 0 Å². The zero-order valence-electron chi connectivity index (χ0n) is 14.7. The molecule has 0 unspecified atom stereocenters. The van der Waals surface area contributed by atoms with E-state index in [4.69, 9.17) is 4.52 Å². The lowest BCUT2D eigenvalue weighted by atomic mass is 9.88. The number of ketones is 1. The highest BCUT2D eigenvalue weighted by Crippen LogP contribution is 2.28. The molecule has 1 aliphatic heterocycles. The van der Waals surface area contributed by atoms with E-state index >= 15 is 0 Å². The van der Waals surface area contributed by atoms with E-state index < -0.39 is 11.6 Å². The van der Waals surface area contributed by atoms with Crippen molar-refractivity contribution in [2.45, 2.75) is 19.4 Å². The summed E-state index contributed by atoms with van der Waals surface area (Å²) in [4.78, 5) is 20.0. The second kappa shape index (κ2) is 8.18. The molecule has 3 aromatic rings. The molecule has 0 atom stereocenters. The highest BCUT2D eigenvalue weighted by Gasteiger charge is 2.28. The van der Waals surface area contributed by atoms with E-state index in [9.17, 15) is 13.6 Å². The molecule has 0 N–H and O–H groups in total. The Labute approximate surface area is 172 Å². The van der Waals surface area contributed by atoms with Gasteiger partial charge in [-0.2, -0.15) is 4.98 Å². The Morgan fingerprint density at radius 3 is 2.79 bits per heavy atom. The van der Waals surface area contributed by atoms with Crippen molar-refractivity contribution < 1.29 is 18.1 Å². The van der Waals surface area contributed by atoms with Gasteiger partial charge in [0.15, 0.2) is 5.78 Å². The number of aromatic nitrogens is 2. The van der Waals surface area contributed by atoms with Gasteiger partial charge in [-0.05, 0) is 66.1 Å². The number of rotatable bonds is 5. The molecule has 1 aliphatic rings. The van der Waals surface area contributed by atoms with Crippen molar-refractivity contribution in [3.05, 3.63) is 57.2 Å². The van der Waals surface area contributed by atoms with Crippen LogP contribution in [0.5, 0.6) is 0 Å². The van der Waals surface area contributed by atoms with Crippen LogP contribution in [-0.4, -0.2) is 33.9 Å². The SMILES string of the molecule is O=C(c1cc(F)ccc1F)C1CCN(Cc2nc(-c3cc(Br)cs3)no2)CC1. The van der Waals surface area contributed by atoms with Gasteiger partial charge in [-0.3, -0.25) is 9.69 Å². The number of nitrogens with zero attached hydrogens (tertiary/aromatic N) is 3. The van der Waals surface area contributed by atoms with Gasteiger partial charge in [-0.25, -0.2) is 8.78 Å².